The summed E-state index contributed by atoms with van der Waals surface area (Å²) in [5, 5.41) is 11.1. The summed E-state index contributed by atoms with van der Waals surface area (Å²) in [6.07, 6.45) is 2.34. The second-order valence-electron chi connectivity index (χ2n) is 2.72. The van der Waals surface area contributed by atoms with Gasteiger partial charge in [0.25, 0.3) is 0 Å². The van der Waals surface area contributed by atoms with Gasteiger partial charge in [-0.2, -0.15) is 5.26 Å². The summed E-state index contributed by atoms with van der Waals surface area (Å²) in [5.41, 5.74) is 0.0404. The summed E-state index contributed by atoms with van der Waals surface area (Å²) >= 11 is 0.780. The predicted octanol–water partition coefficient (Wildman–Crippen LogP) is 0.528. The predicted molar refractivity (Wildman–Crippen MR) is 56.8 cm³/mol. The Hall–Kier alpha value is -1.30. The monoisotopic (exact) mass is 247 g/mol. The van der Waals surface area contributed by atoms with Crippen LogP contribution in [0.2, 0.25) is 0 Å². The van der Waals surface area contributed by atoms with E-state index in [9.17, 15) is 13.6 Å². The van der Waals surface area contributed by atoms with Crippen LogP contribution >= 0.6 is 11.5 Å². The molecule has 82 valence electrons. The minimum atomic E-state index is -3.22. The first-order chi connectivity index (χ1) is 6.90. The van der Waals surface area contributed by atoms with Crippen LogP contribution in [0.15, 0.2) is 6.20 Å². The van der Waals surface area contributed by atoms with E-state index in [2.05, 4.69) is 5.32 Å². The highest BCUT2D eigenvalue weighted by Gasteiger charge is 2.10. The number of aromatic nitrogens is 1. The maximum Gasteiger partial charge on any atom is 0.334 e. The molecule has 0 bridgehead atoms. The van der Waals surface area contributed by atoms with E-state index in [-0.39, 0.29) is 9.39 Å². The average Bonchev–Trinajstić information content (AvgIpc) is 2.59. The van der Waals surface area contributed by atoms with Gasteiger partial charge < -0.3 is 9.87 Å². The highest BCUT2D eigenvalue weighted by atomic mass is 32.2. The molecule has 0 aliphatic carbocycles. The lowest BCUT2D eigenvalue weighted by molar-refractivity contribution is 0.246. The molecule has 1 rings (SSSR count). The van der Waals surface area contributed by atoms with Gasteiger partial charge in [-0.05, 0) is 11.5 Å². The molecule has 1 aromatic rings. The second kappa shape index (κ2) is 4.06. The Balaban J connectivity index is 3.61. The van der Waals surface area contributed by atoms with E-state index in [0.717, 1.165) is 21.7 Å². The van der Waals surface area contributed by atoms with Gasteiger partial charge in [-0.15, -0.1) is 0 Å². The summed E-state index contributed by atoms with van der Waals surface area (Å²) in [5.74, 6) is 0. The molecule has 0 radical (unpaired) electrons. The molecule has 1 aromatic heterocycles. The largest absolute Gasteiger partial charge is 0.340 e. The third-order valence-electron chi connectivity index (χ3n) is 1.53. The lowest BCUT2D eigenvalue weighted by atomic mass is 10.4. The topological polar surface area (TPSA) is 95.1 Å². The molecule has 0 aliphatic rings. The Bertz CT molecular complexity index is 575. The minimum absolute atomic E-state index is 0.00796. The van der Waals surface area contributed by atoms with Crippen molar-refractivity contribution in [1.29, 1.82) is 5.26 Å². The summed E-state index contributed by atoms with van der Waals surface area (Å²) in [4.78, 5) is 11.2. The van der Waals surface area contributed by atoms with Crippen molar-refractivity contribution in [3.05, 3.63) is 15.6 Å². The molecule has 15 heavy (non-hydrogen) atoms. The van der Waals surface area contributed by atoms with Gasteiger partial charge in [0.05, 0.1) is 15.4 Å². The lowest BCUT2D eigenvalue weighted by Crippen LogP contribution is -2.21. The molecule has 0 aromatic carbocycles. The molecule has 1 amide bonds. The molecular formula is C7H9N3O3S2. The van der Waals surface area contributed by atoms with Crippen LogP contribution in [0.3, 0.4) is 0 Å². The van der Waals surface area contributed by atoms with Crippen LogP contribution in [-0.4, -0.2) is 32.1 Å². The molecule has 8 heteroatoms. The zero-order valence-corrected chi connectivity index (χ0v) is 9.68. The van der Waals surface area contributed by atoms with Gasteiger partial charge in [0.2, 0.25) is 0 Å². The van der Waals surface area contributed by atoms with Gasteiger partial charge >= 0.3 is 6.03 Å². The molecule has 1 unspecified atom stereocenters. The number of hydrogen-bond donors (Lipinski definition) is 2. The zero-order valence-electron chi connectivity index (χ0n) is 8.05. The summed E-state index contributed by atoms with van der Waals surface area (Å²) in [6, 6.07) is 1.32. The number of nitriles is 1. The van der Waals surface area contributed by atoms with Crippen molar-refractivity contribution < 1.29 is 13.6 Å². The molecule has 0 aliphatic heterocycles. The molecule has 0 saturated heterocycles. The first-order valence-electron chi connectivity index (χ1n) is 3.80. The minimum Gasteiger partial charge on any atom is -0.340 e. The van der Waals surface area contributed by atoms with E-state index in [4.69, 9.17) is 5.26 Å². The van der Waals surface area contributed by atoms with Gasteiger partial charge in [-0.3, -0.25) is 0 Å². The molecular weight excluding hydrogens is 238 g/mol. The van der Waals surface area contributed by atoms with Crippen LogP contribution in [0.4, 0.5) is 4.79 Å². The number of amides is 1. The maximum atomic E-state index is 11.4. The normalized spacial score (nSPS) is 14.0. The van der Waals surface area contributed by atoms with E-state index in [0.29, 0.717) is 0 Å². The first kappa shape index (κ1) is 11.8. The van der Waals surface area contributed by atoms with Crippen LogP contribution in [-0.2, 0) is 9.80 Å². The van der Waals surface area contributed by atoms with Gasteiger partial charge in [0.1, 0.15) is 9.89 Å². The first-order valence-corrected chi connectivity index (χ1v) is 6.49. The number of carbonyl (C=O) groups excluding carboxylic acids is 1. The Labute approximate surface area is 90.8 Å². The number of rotatable bonds is 0. The molecule has 0 fully saturated rings. The van der Waals surface area contributed by atoms with Crippen LogP contribution in [0.1, 0.15) is 5.56 Å². The Morgan fingerprint density at radius 1 is 1.80 bits per heavy atom. The van der Waals surface area contributed by atoms with Gasteiger partial charge in [0, 0.05) is 19.5 Å². The highest BCUT2D eigenvalue weighted by molar-refractivity contribution is 7.90. The summed E-state index contributed by atoms with van der Waals surface area (Å²) < 4.78 is 21.8. The fraction of sp³-hybridized carbons (Fsp3) is 0.286. The highest BCUT2D eigenvalue weighted by Crippen LogP contribution is 2.12. The van der Waals surface area contributed by atoms with Crippen molar-refractivity contribution >= 4 is 27.4 Å². The molecule has 0 spiro atoms. The smallest absolute Gasteiger partial charge is 0.334 e. The van der Waals surface area contributed by atoms with E-state index in [1.54, 1.807) is 6.07 Å². The molecule has 1 heterocycles. The fourth-order valence-electron chi connectivity index (χ4n) is 0.893. The summed E-state index contributed by atoms with van der Waals surface area (Å²) in [7, 11) is -1.79. The number of carbonyl (C=O) groups is 1. The van der Waals surface area contributed by atoms with E-state index < -0.39 is 15.8 Å². The van der Waals surface area contributed by atoms with Crippen molar-refractivity contribution in [1.82, 2.24) is 9.27 Å². The molecule has 6 nitrogen and oxygen atoms in total. The Kier molecular flexibility index (Phi) is 3.18. The van der Waals surface area contributed by atoms with Gasteiger partial charge in [-0.25, -0.2) is 13.0 Å². The Morgan fingerprint density at radius 2 is 2.40 bits per heavy atom. The van der Waals surface area contributed by atoms with Crippen molar-refractivity contribution in [2.75, 3.05) is 13.3 Å². The number of hydrogen-bond acceptors (Lipinski definition) is 4. The zero-order chi connectivity index (χ0) is 11.6. The van der Waals surface area contributed by atoms with Crippen LogP contribution < -0.4 is 5.32 Å². The second-order valence-corrected chi connectivity index (χ2v) is 5.97. The van der Waals surface area contributed by atoms with Crippen LogP contribution in [0.25, 0.3) is 0 Å². The van der Waals surface area contributed by atoms with E-state index in [1.165, 1.54) is 13.2 Å². The van der Waals surface area contributed by atoms with E-state index >= 15 is 0 Å². The number of nitrogens with one attached hydrogen (secondary N) is 1. The van der Waals surface area contributed by atoms with Crippen molar-refractivity contribution in [2.45, 2.75) is 0 Å². The van der Waals surface area contributed by atoms with Crippen LogP contribution in [0, 0.1) is 15.2 Å². The number of nitrogens with zero attached hydrogens (tertiary/aromatic N) is 2. The van der Waals surface area contributed by atoms with Gasteiger partial charge in [-0.1, -0.05) is 0 Å². The Morgan fingerprint density at radius 3 is 2.73 bits per heavy atom. The van der Waals surface area contributed by atoms with E-state index in [1.807, 2.05) is 0 Å². The standard InChI is InChI=1S/C7H9N3O3S2/c1-9-7(11)10-4-5(3-8)6(14-10)15(2,12)13/h4H,1-2H3,(H,9,11)(H,12,13). The molecule has 2 N–H and O–H groups in total. The lowest BCUT2D eigenvalue weighted by Gasteiger charge is -1.95. The SMILES string of the molecule is CNC(=O)n1cc(C#N)c(=S(C)(=O)O)s1. The molecule has 0 saturated carbocycles. The fourth-order valence-corrected chi connectivity index (χ4v) is 2.90. The maximum absolute atomic E-state index is 11.4. The third kappa shape index (κ3) is 2.38. The quantitative estimate of drug-likeness (QED) is 0.654. The van der Waals surface area contributed by atoms with Gasteiger partial charge in [0.15, 0.2) is 0 Å². The van der Waals surface area contributed by atoms with Crippen molar-refractivity contribution in [2.24, 2.45) is 0 Å². The molecule has 1 atom stereocenters. The average molecular weight is 247 g/mol. The summed E-state index contributed by atoms with van der Waals surface area (Å²) in [6.45, 7) is 0. The van der Waals surface area contributed by atoms with Crippen LogP contribution in [0.5, 0.6) is 0 Å². The van der Waals surface area contributed by atoms with Crippen molar-refractivity contribution in [3.63, 3.8) is 0 Å². The van der Waals surface area contributed by atoms with Crippen molar-refractivity contribution in [3.8, 4) is 6.07 Å². The third-order valence-corrected chi connectivity index (χ3v) is 4.44.